The van der Waals surface area contributed by atoms with Crippen molar-refractivity contribution in [2.24, 2.45) is 11.8 Å². The molecule has 0 N–H and O–H groups in total. The maximum Gasteiger partial charge on any atom is 0.155 e. The van der Waals surface area contributed by atoms with E-state index in [2.05, 4.69) is 6.92 Å². The van der Waals surface area contributed by atoms with Gasteiger partial charge in [0.2, 0.25) is 0 Å². The number of allylic oxidation sites excluding steroid dienone is 2. The van der Waals surface area contributed by atoms with Crippen LogP contribution in [0.4, 0.5) is 0 Å². The van der Waals surface area contributed by atoms with Gasteiger partial charge in [-0.1, -0.05) is 12.5 Å². The Morgan fingerprint density at radius 2 is 2.09 bits per heavy atom. The minimum atomic E-state index is 0.352. The highest BCUT2D eigenvalue weighted by Gasteiger charge is 2.29. The second kappa shape index (κ2) is 2.47. The highest BCUT2D eigenvalue weighted by molar-refractivity contribution is 5.91. The number of hydrogen-bond donors (Lipinski definition) is 0. The molecule has 0 aromatic rings. The Labute approximate surface area is 67.5 Å². The maximum absolute atomic E-state index is 11.1. The molecule has 0 amide bonds. The van der Waals surface area contributed by atoms with Crippen LogP contribution in [0.3, 0.4) is 0 Å². The van der Waals surface area contributed by atoms with E-state index < -0.39 is 0 Å². The topological polar surface area (TPSA) is 17.1 Å². The van der Waals surface area contributed by atoms with Crippen molar-refractivity contribution in [2.45, 2.75) is 32.6 Å². The third kappa shape index (κ3) is 1.52. The van der Waals surface area contributed by atoms with Crippen LogP contribution in [-0.4, -0.2) is 5.78 Å². The number of carbonyl (C=O) groups is 1. The molecular formula is C10H14O. The monoisotopic (exact) mass is 150 g/mol. The van der Waals surface area contributed by atoms with Crippen LogP contribution < -0.4 is 0 Å². The van der Waals surface area contributed by atoms with Crippen molar-refractivity contribution in [1.29, 1.82) is 0 Å². The first-order chi connectivity index (χ1) is 5.25. The first-order valence-electron chi connectivity index (χ1n) is 4.49. The summed E-state index contributed by atoms with van der Waals surface area (Å²) < 4.78 is 0. The van der Waals surface area contributed by atoms with E-state index in [4.69, 9.17) is 0 Å². The minimum absolute atomic E-state index is 0.352. The Kier molecular flexibility index (Phi) is 1.59. The lowest BCUT2D eigenvalue weighted by molar-refractivity contribution is -0.115. The van der Waals surface area contributed by atoms with Crippen molar-refractivity contribution in [3.63, 3.8) is 0 Å². The average Bonchev–Trinajstić information content (AvgIpc) is 2.64. The Bertz CT molecular complexity index is 211. The van der Waals surface area contributed by atoms with Crippen LogP contribution in [0.25, 0.3) is 0 Å². The summed E-state index contributed by atoms with van der Waals surface area (Å²) in [7, 11) is 0. The molecule has 60 valence electrons. The highest BCUT2D eigenvalue weighted by atomic mass is 16.1. The van der Waals surface area contributed by atoms with Crippen LogP contribution in [0.1, 0.15) is 32.6 Å². The minimum Gasteiger partial charge on any atom is -0.295 e. The van der Waals surface area contributed by atoms with Crippen molar-refractivity contribution in [3.05, 3.63) is 11.6 Å². The Morgan fingerprint density at radius 3 is 2.64 bits per heavy atom. The Hall–Kier alpha value is -0.590. The molecule has 0 saturated heterocycles. The fourth-order valence-corrected chi connectivity index (χ4v) is 1.88. The third-order valence-electron chi connectivity index (χ3n) is 2.58. The summed E-state index contributed by atoms with van der Waals surface area (Å²) in [6.45, 7) is 2.17. The molecule has 0 aliphatic heterocycles. The van der Waals surface area contributed by atoms with Crippen LogP contribution in [0.5, 0.6) is 0 Å². The maximum atomic E-state index is 11.1. The summed E-state index contributed by atoms with van der Waals surface area (Å²) >= 11 is 0. The van der Waals surface area contributed by atoms with E-state index in [0.717, 1.165) is 12.3 Å². The van der Waals surface area contributed by atoms with Gasteiger partial charge in [-0.2, -0.15) is 0 Å². The van der Waals surface area contributed by atoms with Crippen LogP contribution >= 0.6 is 0 Å². The molecule has 1 unspecified atom stereocenters. The molecule has 0 aromatic heterocycles. The lowest BCUT2D eigenvalue weighted by atomic mass is 9.87. The molecule has 0 heterocycles. The Balaban J connectivity index is 2.11. The molecule has 0 radical (unpaired) electrons. The van der Waals surface area contributed by atoms with Gasteiger partial charge in [0, 0.05) is 6.42 Å². The summed E-state index contributed by atoms with van der Waals surface area (Å²) in [6.07, 6.45) is 6.50. The van der Waals surface area contributed by atoms with E-state index in [1.165, 1.54) is 24.8 Å². The van der Waals surface area contributed by atoms with E-state index in [0.29, 0.717) is 11.7 Å². The number of hydrogen-bond acceptors (Lipinski definition) is 1. The molecule has 2 rings (SSSR count). The zero-order chi connectivity index (χ0) is 7.84. The van der Waals surface area contributed by atoms with E-state index in [1.807, 2.05) is 6.08 Å². The van der Waals surface area contributed by atoms with Crippen molar-refractivity contribution >= 4 is 5.78 Å². The predicted octanol–water partition coefficient (Wildman–Crippen LogP) is 2.32. The largest absolute Gasteiger partial charge is 0.295 e. The smallest absolute Gasteiger partial charge is 0.155 e. The summed E-state index contributed by atoms with van der Waals surface area (Å²) in [6, 6.07) is 0. The van der Waals surface area contributed by atoms with Gasteiger partial charge in [0.05, 0.1) is 0 Å². The molecule has 2 aliphatic rings. The van der Waals surface area contributed by atoms with Crippen LogP contribution in [0, 0.1) is 11.8 Å². The van der Waals surface area contributed by atoms with Crippen LogP contribution in [0.15, 0.2) is 11.6 Å². The number of rotatable bonds is 1. The zero-order valence-electron chi connectivity index (χ0n) is 6.97. The van der Waals surface area contributed by atoms with Gasteiger partial charge >= 0.3 is 0 Å². The fourth-order valence-electron chi connectivity index (χ4n) is 1.88. The normalized spacial score (nSPS) is 31.9. The van der Waals surface area contributed by atoms with Crippen molar-refractivity contribution in [3.8, 4) is 0 Å². The lowest BCUT2D eigenvalue weighted by Gasteiger charge is -2.17. The van der Waals surface area contributed by atoms with Crippen LogP contribution in [0.2, 0.25) is 0 Å². The highest BCUT2D eigenvalue weighted by Crippen LogP contribution is 2.41. The molecule has 0 spiro atoms. The van der Waals surface area contributed by atoms with Crippen molar-refractivity contribution in [1.82, 2.24) is 0 Å². The van der Waals surface area contributed by atoms with Gasteiger partial charge in [-0.05, 0) is 37.2 Å². The van der Waals surface area contributed by atoms with Gasteiger partial charge in [-0.25, -0.2) is 0 Å². The molecule has 1 heteroatoms. The second-order valence-electron chi connectivity index (χ2n) is 3.97. The van der Waals surface area contributed by atoms with Gasteiger partial charge < -0.3 is 0 Å². The SMILES string of the molecule is CC1CC(=O)C=C(C2CC2)C1. The average molecular weight is 150 g/mol. The zero-order valence-corrected chi connectivity index (χ0v) is 6.97. The van der Waals surface area contributed by atoms with Crippen molar-refractivity contribution < 1.29 is 4.79 Å². The second-order valence-corrected chi connectivity index (χ2v) is 3.97. The summed E-state index contributed by atoms with van der Waals surface area (Å²) in [5, 5.41) is 0. The number of ketones is 1. The van der Waals surface area contributed by atoms with Gasteiger partial charge in [-0.15, -0.1) is 0 Å². The molecule has 0 bridgehead atoms. The third-order valence-corrected chi connectivity index (χ3v) is 2.58. The molecule has 2 aliphatic carbocycles. The van der Waals surface area contributed by atoms with Crippen molar-refractivity contribution in [2.75, 3.05) is 0 Å². The molecule has 1 saturated carbocycles. The van der Waals surface area contributed by atoms with E-state index in [1.54, 1.807) is 0 Å². The van der Waals surface area contributed by atoms with Gasteiger partial charge in [-0.3, -0.25) is 4.79 Å². The Morgan fingerprint density at radius 1 is 1.36 bits per heavy atom. The van der Waals surface area contributed by atoms with Gasteiger partial charge in [0.25, 0.3) is 0 Å². The summed E-state index contributed by atoms with van der Waals surface area (Å²) in [5.41, 5.74) is 1.44. The first-order valence-corrected chi connectivity index (χ1v) is 4.49. The summed E-state index contributed by atoms with van der Waals surface area (Å²) in [5.74, 6) is 1.75. The van der Waals surface area contributed by atoms with E-state index in [9.17, 15) is 4.79 Å². The van der Waals surface area contributed by atoms with E-state index >= 15 is 0 Å². The molecular weight excluding hydrogens is 136 g/mol. The molecule has 1 atom stereocenters. The summed E-state index contributed by atoms with van der Waals surface area (Å²) in [4.78, 5) is 11.1. The van der Waals surface area contributed by atoms with Gasteiger partial charge in [0.15, 0.2) is 5.78 Å². The molecule has 1 nitrogen and oxygen atoms in total. The fraction of sp³-hybridized carbons (Fsp3) is 0.700. The molecule has 0 aromatic carbocycles. The molecule has 11 heavy (non-hydrogen) atoms. The van der Waals surface area contributed by atoms with E-state index in [-0.39, 0.29) is 0 Å². The lowest BCUT2D eigenvalue weighted by Crippen LogP contribution is -2.11. The number of carbonyl (C=O) groups excluding carboxylic acids is 1. The van der Waals surface area contributed by atoms with Crippen LogP contribution in [-0.2, 0) is 4.79 Å². The standard InChI is InChI=1S/C10H14O/c1-7-4-9(8-2-3-8)6-10(11)5-7/h6-8H,2-5H2,1H3. The quantitative estimate of drug-likeness (QED) is 0.560. The predicted molar refractivity (Wildman–Crippen MR) is 44.2 cm³/mol. The molecule has 1 fully saturated rings. The first kappa shape index (κ1) is 7.08. The van der Waals surface area contributed by atoms with Gasteiger partial charge in [0.1, 0.15) is 0 Å².